The summed E-state index contributed by atoms with van der Waals surface area (Å²) in [6, 6.07) is 10.6. The van der Waals surface area contributed by atoms with Gasteiger partial charge < -0.3 is 9.84 Å². The fourth-order valence-electron chi connectivity index (χ4n) is 2.05. The minimum absolute atomic E-state index is 0.00986. The van der Waals surface area contributed by atoms with Crippen LogP contribution in [0.3, 0.4) is 0 Å². The van der Waals surface area contributed by atoms with E-state index in [0.717, 1.165) is 5.56 Å². The van der Waals surface area contributed by atoms with Crippen LogP contribution in [-0.2, 0) is 21.2 Å². The number of carbonyl (C=O) groups is 1. The minimum Gasteiger partial charge on any atom is -0.495 e. The number of aliphatic carboxylic acids is 1. The predicted octanol–water partition coefficient (Wildman–Crippen LogP) is 3.17. The Kier molecular flexibility index (Phi) is 5.69. The van der Waals surface area contributed by atoms with Crippen LogP contribution < -0.4 is 9.46 Å². The number of sulfonamides is 1. The maximum Gasteiger partial charge on any atom is 0.303 e. The molecule has 2 aromatic carbocycles. The van der Waals surface area contributed by atoms with Crippen LogP contribution in [0, 0.1) is 0 Å². The van der Waals surface area contributed by atoms with Crippen LogP contribution in [0.4, 0.5) is 5.69 Å². The van der Waals surface area contributed by atoms with Crippen LogP contribution >= 0.6 is 11.6 Å². The predicted molar refractivity (Wildman–Crippen MR) is 91.2 cm³/mol. The Labute approximate surface area is 145 Å². The summed E-state index contributed by atoms with van der Waals surface area (Å²) in [4.78, 5) is 10.6. The van der Waals surface area contributed by atoms with E-state index >= 15 is 0 Å². The average Bonchev–Trinajstić information content (AvgIpc) is 2.53. The van der Waals surface area contributed by atoms with E-state index in [1.165, 1.54) is 25.3 Å². The molecule has 0 amide bonds. The summed E-state index contributed by atoms with van der Waals surface area (Å²) in [5, 5.41) is 9.04. The molecule has 24 heavy (non-hydrogen) atoms. The van der Waals surface area contributed by atoms with E-state index < -0.39 is 16.0 Å². The van der Waals surface area contributed by atoms with Crippen molar-refractivity contribution in [3.05, 3.63) is 53.1 Å². The molecule has 0 aliphatic rings. The van der Waals surface area contributed by atoms with Crippen LogP contribution in [0.1, 0.15) is 12.0 Å². The highest BCUT2D eigenvalue weighted by Crippen LogP contribution is 2.29. The first kappa shape index (κ1) is 18.1. The van der Waals surface area contributed by atoms with E-state index in [1.54, 1.807) is 24.3 Å². The molecule has 2 aromatic rings. The van der Waals surface area contributed by atoms with Crippen LogP contribution in [0.15, 0.2) is 47.4 Å². The van der Waals surface area contributed by atoms with Crippen molar-refractivity contribution in [3.63, 3.8) is 0 Å². The lowest BCUT2D eigenvalue weighted by atomic mass is 10.1. The molecule has 0 bridgehead atoms. The molecule has 0 saturated heterocycles. The van der Waals surface area contributed by atoms with Crippen LogP contribution in [0.5, 0.6) is 5.75 Å². The topological polar surface area (TPSA) is 92.7 Å². The molecule has 0 aliphatic carbocycles. The Bertz CT molecular complexity index is 834. The number of hydrogen-bond acceptors (Lipinski definition) is 4. The third-order valence-corrected chi connectivity index (χ3v) is 4.88. The van der Waals surface area contributed by atoms with Crippen molar-refractivity contribution in [2.45, 2.75) is 17.7 Å². The maximum atomic E-state index is 12.5. The largest absolute Gasteiger partial charge is 0.495 e. The molecule has 2 rings (SSSR count). The SMILES string of the molecule is COc1ccc(Cl)cc1NS(=O)(=O)c1ccc(CCC(=O)O)cc1. The smallest absolute Gasteiger partial charge is 0.303 e. The van der Waals surface area contributed by atoms with Crippen molar-refractivity contribution in [1.82, 2.24) is 0 Å². The van der Waals surface area contributed by atoms with Crippen LogP contribution in [0.2, 0.25) is 5.02 Å². The number of nitrogens with one attached hydrogen (secondary N) is 1. The first-order chi connectivity index (χ1) is 11.3. The van der Waals surface area contributed by atoms with E-state index in [2.05, 4.69) is 4.72 Å². The molecule has 0 aliphatic heterocycles. The second kappa shape index (κ2) is 7.55. The van der Waals surface area contributed by atoms with Crippen LogP contribution in [-0.4, -0.2) is 26.6 Å². The van der Waals surface area contributed by atoms with Crippen molar-refractivity contribution in [3.8, 4) is 5.75 Å². The van der Waals surface area contributed by atoms with Gasteiger partial charge in [-0.1, -0.05) is 23.7 Å². The standard InChI is InChI=1S/C16H16ClNO5S/c1-23-15-8-5-12(17)10-14(15)18-24(21,22)13-6-2-11(3-7-13)4-9-16(19)20/h2-3,5-8,10,18H,4,9H2,1H3,(H,19,20). The first-order valence-corrected chi connectivity index (χ1v) is 8.85. The highest BCUT2D eigenvalue weighted by molar-refractivity contribution is 7.92. The van der Waals surface area contributed by atoms with Gasteiger partial charge in [0.25, 0.3) is 10.0 Å². The molecular formula is C16H16ClNO5S. The van der Waals surface area contributed by atoms with Crippen molar-refractivity contribution in [1.29, 1.82) is 0 Å². The Morgan fingerprint density at radius 2 is 1.88 bits per heavy atom. The highest BCUT2D eigenvalue weighted by Gasteiger charge is 2.17. The van der Waals surface area contributed by atoms with E-state index in [9.17, 15) is 13.2 Å². The molecule has 128 valence electrons. The molecule has 0 fully saturated rings. The van der Waals surface area contributed by atoms with Gasteiger partial charge in [0.1, 0.15) is 5.75 Å². The van der Waals surface area contributed by atoms with Crippen molar-refractivity contribution < 1.29 is 23.1 Å². The first-order valence-electron chi connectivity index (χ1n) is 6.99. The van der Waals surface area contributed by atoms with E-state index in [1.807, 2.05) is 0 Å². The van der Waals surface area contributed by atoms with Gasteiger partial charge in [0, 0.05) is 11.4 Å². The Morgan fingerprint density at radius 3 is 2.46 bits per heavy atom. The maximum absolute atomic E-state index is 12.5. The van der Waals surface area contributed by atoms with Gasteiger partial charge in [-0.3, -0.25) is 9.52 Å². The molecule has 0 saturated carbocycles. The second-order valence-corrected chi connectivity index (χ2v) is 7.11. The number of benzene rings is 2. The van der Waals surface area contributed by atoms with Gasteiger partial charge >= 0.3 is 5.97 Å². The van der Waals surface area contributed by atoms with Gasteiger partial charge in [-0.05, 0) is 42.3 Å². The molecule has 0 atom stereocenters. The Balaban J connectivity index is 2.21. The zero-order chi connectivity index (χ0) is 17.7. The number of carboxylic acid groups (broad SMARTS) is 1. The number of halogens is 1. The fraction of sp³-hybridized carbons (Fsp3) is 0.188. The molecular weight excluding hydrogens is 354 g/mol. The number of carboxylic acids is 1. The summed E-state index contributed by atoms with van der Waals surface area (Å²) >= 11 is 5.89. The van der Waals surface area contributed by atoms with Crippen molar-refractivity contribution in [2.75, 3.05) is 11.8 Å². The summed E-state index contributed by atoms with van der Waals surface area (Å²) in [7, 11) is -2.39. The molecule has 0 heterocycles. The zero-order valence-electron chi connectivity index (χ0n) is 12.8. The number of methoxy groups -OCH3 is 1. The van der Waals surface area contributed by atoms with Gasteiger partial charge in [0.15, 0.2) is 0 Å². The molecule has 0 radical (unpaired) electrons. The van der Waals surface area contributed by atoms with Crippen LogP contribution in [0.25, 0.3) is 0 Å². The van der Waals surface area contributed by atoms with Gasteiger partial charge in [-0.2, -0.15) is 0 Å². The van der Waals surface area contributed by atoms with Gasteiger partial charge in [-0.15, -0.1) is 0 Å². The molecule has 0 aromatic heterocycles. The second-order valence-electron chi connectivity index (χ2n) is 4.99. The fourth-order valence-corrected chi connectivity index (χ4v) is 3.28. The quantitative estimate of drug-likeness (QED) is 0.782. The molecule has 8 heteroatoms. The number of ether oxygens (including phenoxy) is 1. The lowest BCUT2D eigenvalue weighted by Gasteiger charge is -2.12. The number of rotatable bonds is 7. The van der Waals surface area contributed by atoms with E-state index in [-0.39, 0.29) is 17.0 Å². The van der Waals surface area contributed by atoms with Crippen molar-refractivity contribution >= 4 is 33.3 Å². The lowest BCUT2D eigenvalue weighted by Crippen LogP contribution is -2.13. The van der Waals surface area contributed by atoms with Crippen molar-refractivity contribution in [2.24, 2.45) is 0 Å². The Hall–Kier alpha value is -2.25. The zero-order valence-corrected chi connectivity index (χ0v) is 14.4. The molecule has 6 nitrogen and oxygen atoms in total. The van der Waals surface area contributed by atoms with Gasteiger partial charge in [0.2, 0.25) is 0 Å². The number of hydrogen-bond donors (Lipinski definition) is 2. The third kappa shape index (κ3) is 4.62. The highest BCUT2D eigenvalue weighted by atomic mass is 35.5. The average molecular weight is 370 g/mol. The summed E-state index contributed by atoms with van der Waals surface area (Å²) in [5.74, 6) is -0.553. The number of anilines is 1. The van der Waals surface area contributed by atoms with Gasteiger partial charge in [0.05, 0.1) is 17.7 Å². The number of aryl methyl sites for hydroxylation is 1. The molecule has 2 N–H and O–H groups in total. The normalized spacial score (nSPS) is 11.1. The lowest BCUT2D eigenvalue weighted by molar-refractivity contribution is -0.136. The monoisotopic (exact) mass is 369 g/mol. The summed E-state index contributed by atoms with van der Waals surface area (Å²) < 4.78 is 32.5. The summed E-state index contributed by atoms with van der Waals surface area (Å²) in [6.07, 6.45) is 0.329. The minimum atomic E-state index is -3.82. The van der Waals surface area contributed by atoms with E-state index in [0.29, 0.717) is 17.2 Å². The molecule has 0 unspecified atom stereocenters. The summed E-state index contributed by atoms with van der Waals surface area (Å²) in [5.41, 5.74) is 0.983. The van der Waals surface area contributed by atoms with Gasteiger partial charge in [-0.25, -0.2) is 8.42 Å². The summed E-state index contributed by atoms with van der Waals surface area (Å²) in [6.45, 7) is 0. The molecule has 0 spiro atoms. The van der Waals surface area contributed by atoms with E-state index in [4.69, 9.17) is 21.4 Å². The third-order valence-electron chi connectivity index (χ3n) is 3.27. The Morgan fingerprint density at radius 1 is 1.21 bits per heavy atom.